The number of nitrogens with one attached hydrogen (secondary N) is 2. The lowest BCUT2D eigenvalue weighted by Gasteiger charge is -2.05. The maximum absolute atomic E-state index is 12.1. The largest absolute Gasteiger partial charge is 0.504 e. The number of phenols is 1. The molecule has 3 rings (SSSR count). The summed E-state index contributed by atoms with van der Waals surface area (Å²) in [6.45, 7) is 2.27. The molecule has 0 saturated heterocycles. The summed E-state index contributed by atoms with van der Waals surface area (Å²) in [5.74, 6) is 0.00504. The number of phenolic OH excluding ortho intramolecular Hbond substituents is 1. The van der Waals surface area contributed by atoms with Gasteiger partial charge >= 0.3 is 0 Å². The summed E-state index contributed by atoms with van der Waals surface area (Å²) in [6.07, 6.45) is 1.46. The molecule has 25 heavy (non-hydrogen) atoms. The molecule has 0 atom stereocenters. The third-order valence-corrected chi connectivity index (χ3v) is 4.16. The van der Waals surface area contributed by atoms with Gasteiger partial charge in [0, 0.05) is 0 Å². The van der Waals surface area contributed by atoms with Gasteiger partial charge < -0.3 is 9.84 Å². The normalized spacial score (nSPS) is 10.9. The average molecular weight is 356 g/mol. The van der Waals surface area contributed by atoms with E-state index in [1.54, 1.807) is 29.5 Å². The number of hydrogen-bond acceptors (Lipinski definition) is 6. The zero-order valence-electron chi connectivity index (χ0n) is 13.4. The number of carbonyl (C=O) groups excluding carboxylic acids is 1. The summed E-state index contributed by atoms with van der Waals surface area (Å²) in [5.41, 5.74) is 4.14. The number of ether oxygens (including phenoxy) is 1. The Labute approximate surface area is 148 Å². The van der Waals surface area contributed by atoms with E-state index in [0.29, 0.717) is 17.9 Å². The number of nitrogens with zero attached hydrogens (tertiary/aromatic N) is 2. The van der Waals surface area contributed by atoms with Gasteiger partial charge in [0.15, 0.2) is 17.2 Å². The number of aromatic nitrogens is 2. The molecule has 0 saturated carbocycles. The van der Waals surface area contributed by atoms with E-state index in [4.69, 9.17) is 4.74 Å². The van der Waals surface area contributed by atoms with Gasteiger partial charge in [0.2, 0.25) is 0 Å². The number of rotatable bonds is 6. The van der Waals surface area contributed by atoms with Gasteiger partial charge in [-0.2, -0.15) is 10.2 Å². The zero-order chi connectivity index (χ0) is 17.6. The predicted molar refractivity (Wildman–Crippen MR) is 96.2 cm³/mol. The molecule has 7 nitrogen and oxygen atoms in total. The van der Waals surface area contributed by atoms with Crippen LogP contribution in [0.5, 0.6) is 11.5 Å². The molecule has 3 aromatic rings. The second kappa shape index (κ2) is 7.63. The van der Waals surface area contributed by atoms with E-state index in [1.165, 1.54) is 12.3 Å². The minimum atomic E-state index is -0.417. The molecule has 2 heterocycles. The van der Waals surface area contributed by atoms with Crippen LogP contribution >= 0.6 is 11.3 Å². The highest BCUT2D eigenvalue weighted by Crippen LogP contribution is 2.26. The highest BCUT2D eigenvalue weighted by atomic mass is 32.1. The highest BCUT2D eigenvalue weighted by molar-refractivity contribution is 7.13. The Morgan fingerprint density at radius 3 is 3.08 bits per heavy atom. The lowest BCUT2D eigenvalue weighted by Crippen LogP contribution is -2.18. The first-order valence-electron chi connectivity index (χ1n) is 7.56. The maximum atomic E-state index is 12.1. The number of aromatic amines is 1. The molecular formula is C17H16N4O3S. The van der Waals surface area contributed by atoms with E-state index < -0.39 is 5.91 Å². The molecule has 2 aromatic heterocycles. The summed E-state index contributed by atoms with van der Waals surface area (Å²) in [4.78, 5) is 13.1. The fourth-order valence-electron chi connectivity index (χ4n) is 2.10. The third-order valence-electron chi connectivity index (χ3n) is 3.26. The first kappa shape index (κ1) is 16.7. The van der Waals surface area contributed by atoms with Crippen molar-refractivity contribution in [2.75, 3.05) is 6.61 Å². The summed E-state index contributed by atoms with van der Waals surface area (Å²) >= 11 is 1.56. The van der Waals surface area contributed by atoms with Crippen LogP contribution in [0, 0.1) is 0 Å². The standard InChI is InChI=1S/C17H16N4O3S/c1-2-24-15-8-11(5-6-14(15)22)10-18-21-17(23)13-9-12(19-20-13)16-4-3-7-25-16/h3-10,22H,2H2,1H3,(H,19,20)(H,21,23)/b18-10-. The van der Waals surface area contributed by atoms with Crippen molar-refractivity contribution >= 4 is 23.5 Å². The fourth-order valence-corrected chi connectivity index (χ4v) is 2.79. The second-order valence-corrected chi connectivity index (χ2v) is 5.95. The van der Waals surface area contributed by atoms with Crippen LogP contribution in [0.2, 0.25) is 0 Å². The molecule has 0 spiro atoms. The minimum absolute atomic E-state index is 0.0562. The maximum Gasteiger partial charge on any atom is 0.291 e. The molecule has 0 radical (unpaired) electrons. The van der Waals surface area contributed by atoms with Crippen LogP contribution in [0.1, 0.15) is 23.0 Å². The van der Waals surface area contributed by atoms with E-state index in [9.17, 15) is 9.90 Å². The van der Waals surface area contributed by atoms with Crippen molar-refractivity contribution in [3.63, 3.8) is 0 Å². The van der Waals surface area contributed by atoms with Crippen LogP contribution in [0.15, 0.2) is 46.9 Å². The van der Waals surface area contributed by atoms with Gasteiger partial charge in [-0.05, 0) is 48.2 Å². The van der Waals surface area contributed by atoms with Gasteiger partial charge in [0.1, 0.15) is 0 Å². The third kappa shape index (κ3) is 4.04. The number of benzene rings is 1. The van der Waals surface area contributed by atoms with Crippen LogP contribution in [-0.4, -0.2) is 34.0 Å². The Hall–Kier alpha value is -3.13. The summed E-state index contributed by atoms with van der Waals surface area (Å²) in [5, 5.41) is 22.3. The van der Waals surface area contributed by atoms with Gasteiger partial charge in [-0.1, -0.05) is 6.07 Å². The number of hydrogen-bond donors (Lipinski definition) is 3. The Bertz CT molecular complexity index is 887. The molecule has 1 amide bonds. The quantitative estimate of drug-likeness (QED) is 0.467. The summed E-state index contributed by atoms with van der Waals surface area (Å²) in [7, 11) is 0. The molecule has 0 aliphatic heterocycles. The Kier molecular flexibility index (Phi) is 5.10. The summed E-state index contributed by atoms with van der Waals surface area (Å²) in [6, 6.07) is 10.4. The van der Waals surface area contributed by atoms with Crippen molar-refractivity contribution in [2.45, 2.75) is 6.92 Å². The van der Waals surface area contributed by atoms with Crippen LogP contribution in [0.4, 0.5) is 0 Å². The lowest BCUT2D eigenvalue weighted by molar-refractivity contribution is 0.0950. The van der Waals surface area contributed by atoms with Crippen molar-refractivity contribution in [1.82, 2.24) is 15.6 Å². The topological polar surface area (TPSA) is 99.6 Å². The SMILES string of the molecule is CCOc1cc(/C=N\NC(=O)c2cc(-c3cccs3)[nH]n2)ccc1O. The van der Waals surface area contributed by atoms with Crippen molar-refractivity contribution in [1.29, 1.82) is 0 Å². The lowest BCUT2D eigenvalue weighted by atomic mass is 10.2. The van der Waals surface area contributed by atoms with E-state index in [0.717, 1.165) is 10.6 Å². The monoisotopic (exact) mass is 356 g/mol. The molecular weight excluding hydrogens is 340 g/mol. The Morgan fingerprint density at radius 2 is 2.32 bits per heavy atom. The van der Waals surface area contributed by atoms with Crippen LogP contribution in [-0.2, 0) is 0 Å². The van der Waals surface area contributed by atoms with E-state index in [1.807, 2.05) is 24.4 Å². The number of hydrazone groups is 1. The first-order valence-corrected chi connectivity index (χ1v) is 8.44. The zero-order valence-corrected chi connectivity index (χ0v) is 14.2. The molecule has 128 valence electrons. The molecule has 1 aromatic carbocycles. The molecule has 8 heteroatoms. The average Bonchev–Trinajstić information content (AvgIpc) is 3.29. The number of aromatic hydroxyl groups is 1. The minimum Gasteiger partial charge on any atom is -0.504 e. The molecule has 0 fully saturated rings. The van der Waals surface area contributed by atoms with Gasteiger partial charge in [-0.15, -0.1) is 11.3 Å². The van der Waals surface area contributed by atoms with Crippen LogP contribution < -0.4 is 10.2 Å². The van der Waals surface area contributed by atoms with E-state index in [-0.39, 0.29) is 11.4 Å². The van der Waals surface area contributed by atoms with E-state index >= 15 is 0 Å². The number of amides is 1. The number of carbonyl (C=O) groups is 1. The van der Waals surface area contributed by atoms with Crippen molar-refractivity contribution in [3.8, 4) is 22.1 Å². The van der Waals surface area contributed by atoms with Gasteiger partial charge in [-0.3, -0.25) is 9.89 Å². The Morgan fingerprint density at radius 1 is 1.44 bits per heavy atom. The predicted octanol–water partition coefficient (Wildman–Crippen LogP) is 3.01. The van der Waals surface area contributed by atoms with Gasteiger partial charge in [0.05, 0.1) is 23.4 Å². The number of thiophene rings is 1. The summed E-state index contributed by atoms with van der Waals surface area (Å²) < 4.78 is 5.30. The van der Waals surface area contributed by atoms with Gasteiger partial charge in [-0.25, -0.2) is 5.43 Å². The van der Waals surface area contributed by atoms with Crippen molar-refractivity contribution in [3.05, 3.63) is 53.0 Å². The molecule has 0 aliphatic rings. The second-order valence-electron chi connectivity index (χ2n) is 5.00. The fraction of sp³-hybridized carbons (Fsp3) is 0.118. The molecule has 0 aliphatic carbocycles. The van der Waals surface area contributed by atoms with Crippen LogP contribution in [0.25, 0.3) is 10.6 Å². The smallest absolute Gasteiger partial charge is 0.291 e. The molecule has 3 N–H and O–H groups in total. The van der Waals surface area contributed by atoms with Gasteiger partial charge in [0.25, 0.3) is 5.91 Å². The van der Waals surface area contributed by atoms with Crippen molar-refractivity contribution in [2.24, 2.45) is 5.10 Å². The highest BCUT2D eigenvalue weighted by Gasteiger charge is 2.11. The van der Waals surface area contributed by atoms with Crippen molar-refractivity contribution < 1.29 is 14.6 Å². The van der Waals surface area contributed by atoms with Crippen LogP contribution in [0.3, 0.4) is 0 Å². The number of H-pyrrole nitrogens is 1. The molecule has 0 unspecified atom stereocenters. The first-order chi connectivity index (χ1) is 12.2. The Balaban J connectivity index is 1.64. The van der Waals surface area contributed by atoms with E-state index in [2.05, 4.69) is 20.7 Å². The molecule has 0 bridgehead atoms.